The van der Waals surface area contributed by atoms with Crippen molar-refractivity contribution in [3.8, 4) is 11.1 Å². The molecule has 7 nitrogen and oxygen atoms in total. The van der Waals surface area contributed by atoms with Crippen molar-refractivity contribution in [2.45, 2.75) is 62.9 Å². The van der Waals surface area contributed by atoms with Crippen LogP contribution in [0.5, 0.6) is 0 Å². The lowest BCUT2D eigenvalue weighted by atomic mass is 9.97. The van der Waals surface area contributed by atoms with Crippen LogP contribution >= 0.6 is 0 Å². The lowest BCUT2D eigenvalue weighted by molar-refractivity contribution is -0.155. The number of hydrogen-bond donors (Lipinski definition) is 2. The van der Waals surface area contributed by atoms with Gasteiger partial charge in [-0.15, -0.1) is 0 Å². The first-order valence-electron chi connectivity index (χ1n) is 12.5. The number of rotatable bonds is 6. The number of carbonyl (C=O) groups is 3. The summed E-state index contributed by atoms with van der Waals surface area (Å²) in [6.45, 7) is 2.41. The smallest absolute Gasteiger partial charge is 0.407 e. The van der Waals surface area contributed by atoms with Gasteiger partial charge in [0.15, 0.2) is 0 Å². The predicted octanol–water partition coefficient (Wildman–Crippen LogP) is 4.55. The largest absolute Gasteiger partial charge is 0.480 e. The molecule has 0 radical (unpaired) electrons. The quantitative estimate of drug-likeness (QED) is 0.638. The van der Waals surface area contributed by atoms with Gasteiger partial charge in [0.05, 0.1) is 0 Å². The molecule has 2 aromatic carbocycles. The normalized spacial score (nSPS) is 25.2. The number of hydrogen-bond acceptors (Lipinski definition) is 4. The Morgan fingerprint density at radius 3 is 2.37 bits per heavy atom. The summed E-state index contributed by atoms with van der Waals surface area (Å²) in [5.74, 6) is -0.880. The number of fused-ring (bicyclic) bond motifs is 3. The average Bonchev–Trinajstić information content (AvgIpc) is 3.54. The molecule has 2 unspecified atom stereocenters. The maximum atomic E-state index is 12.9. The van der Waals surface area contributed by atoms with Crippen molar-refractivity contribution in [2.24, 2.45) is 5.92 Å². The molecule has 5 rings (SSSR count). The van der Waals surface area contributed by atoms with Crippen LogP contribution in [0.2, 0.25) is 0 Å². The van der Waals surface area contributed by atoms with Gasteiger partial charge in [0, 0.05) is 24.9 Å². The molecule has 2 N–H and O–H groups in total. The van der Waals surface area contributed by atoms with E-state index < -0.39 is 17.6 Å². The highest BCUT2D eigenvalue weighted by molar-refractivity contribution is 5.87. The molecule has 0 spiro atoms. The number of aliphatic carboxylic acids is 1. The van der Waals surface area contributed by atoms with Gasteiger partial charge in [-0.05, 0) is 67.2 Å². The molecule has 2 aromatic rings. The molecular formula is C28H32N2O5. The van der Waals surface area contributed by atoms with Crippen molar-refractivity contribution >= 4 is 18.0 Å². The molecular weight excluding hydrogens is 444 g/mol. The third-order valence-electron chi connectivity index (χ3n) is 8.07. The second kappa shape index (κ2) is 9.36. The fourth-order valence-corrected chi connectivity index (χ4v) is 6.14. The first-order chi connectivity index (χ1) is 16.9. The average molecular weight is 477 g/mol. The highest BCUT2D eigenvalue weighted by Gasteiger charge is 2.46. The summed E-state index contributed by atoms with van der Waals surface area (Å²) in [6, 6.07) is 16.4. The Kier molecular flexibility index (Phi) is 6.26. The summed E-state index contributed by atoms with van der Waals surface area (Å²) in [7, 11) is 0. The molecule has 1 saturated carbocycles. The second-order valence-corrected chi connectivity index (χ2v) is 10.3. The molecule has 7 heteroatoms. The first-order valence-corrected chi connectivity index (χ1v) is 12.5. The Labute approximate surface area is 205 Å². The summed E-state index contributed by atoms with van der Waals surface area (Å²) in [6.07, 6.45) is 3.42. The predicted molar refractivity (Wildman–Crippen MR) is 131 cm³/mol. The number of nitrogens with one attached hydrogen (secondary N) is 1. The SMILES string of the molecule is C[C@@]1(C(=O)O)CCCN1C(=O)CC1CCC(NC(=O)OCC2c3ccccc3-c3ccccc32)C1. The molecule has 0 aromatic heterocycles. The maximum absolute atomic E-state index is 12.9. The Morgan fingerprint density at radius 1 is 1.06 bits per heavy atom. The molecule has 1 aliphatic heterocycles. The minimum Gasteiger partial charge on any atom is -0.480 e. The van der Waals surface area contributed by atoms with Gasteiger partial charge in [0.1, 0.15) is 12.1 Å². The van der Waals surface area contributed by atoms with Crippen molar-refractivity contribution in [3.05, 3.63) is 59.7 Å². The van der Waals surface area contributed by atoms with Crippen LogP contribution in [0.25, 0.3) is 11.1 Å². The van der Waals surface area contributed by atoms with E-state index in [9.17, 15) is 19.5 Å². The summed E-state index contributed by atoms with van der Waals surface area (Å²) < 4.78 is 5.66. The molecule has 2 aliphatic carbocycles. The van der Waals surface area contributed by atoms with Gasteiger partial charge in [-0.25, -0.2) is 9.59 Å². The third kappa shape index (κ3) is 4.40. The van der Waals surface area contributed by atoms with Crippen molar-refractivity contribution in [1.82, 2.24) is 10.2 Å². The topological polar surface area (TPSA) is 95.9 Å². The van der Waals surface area contributed by atoms with E-state index in [0.29, 0.717) is 32.2 Å². The van der Waals surface area contributed by atoms with Crippen LogP contribution in [0.4, 0.5) is 4.79 Å². The van der Waals surface area contributed by atoms with Gasteiger partial charge in [0.25, 0.3) is 0 Å². The van der Waals surface area contributed by atoms with Crippen molar-refractivity contribution < 1.29 is 24.2 Å². The van der Waals surface area contributed by atoms with Crippen LogP contribution in [0.3, 0.4) is 0 Å². The molecule has 184 valence electrons. The summed E-state index contributed by atoms with van der Waals surface area (Å²) in [5.41, 5.74) is 3.64. The summed E-state index contributed by atoms with van der Waals surface area (Å²) in [5, 5.41) is 12.6. The minimum atomic E-state index is -1.10. The Bertz CT molecular complexity index is 1100. The number of carboxylic acids is 1. The number of alkyl carbamates (subject to hydrolysis) is 1. The lowest BCUT2D eigenvalue weighted by Crippen LogP contribution is -2.51. The van der Waals surface area contributed by atoms with Crippen LogP contribution in [0.1, 0.15) is 62.5 Å². The Morgan fingerprint density at radius 2 is 1.71 bits per heavy atom. The minimum absolute atomic E-state index is 0.0195. The van der Waals surface area contributed by atoms with Gasteiger partial charge in [-0.3, -0.25) is 4.79 Å². The van der Waals surface area contributed by atoms with Crippen LogP contribution in [0, 0.1) is 5.92 Å². The lowest BCUT2D eigenvalue weighted by Gasteiger charge is -2.32. The van der Waals surface area contributed by atoms with Crippen LogP contribution < -0.4 is 5.32 Å². The van der Waals surface area contributed by atoms with E-state index in [4.69, 9.17) is 4.74 Å². The molecule has 35 heavy (non-hydrogen) atoms. The Hall–Kier alpha value is -3.35. The number of nitrogens with zero attached hydrogens (tertiary/aromatic N) is 1. The first kappa shape index (κ1) is 23.4. The zero-order chi connectivity index (χ0) is 24.6. The van der Waals surface area contributed by atoms with E-state index in [1.807, 2.05) is 24.3 Å². The molecule has 3 aliphatic rings. The van der Waals surface area contributed by atoms with E-state index >= 15 is 0 Å². The number of carboxylic acid groups (broad SMARTS) is 1. The molecule has 1 heterocycles. The fraction of sp³-hybridized carbons (Fsp3) is 0.464. The summed E-state index contributed by atoms with van der Waals surface area (Å²) >= 11 is 0. The van der Waals surface area contributed by atoms with Crippen molar-refractivity contribution in [1.29, 1.82) is 0 Å². The zero-order valence-corrected chi connectivity index (χ0v) is 20.0. The number of ether oxygens (including phenoxy) is 1. The second-order valence-electron chi connectivity index (χ2n) is 10.3. The summed E-state index contributed by atoms with van der Waals surface area (Å²) in [4.78, 5) is 38.7. The molecule has 0 bridgehead atoms. The number of amides is 2. The fourth-order valence-electron chi connectivity index (χ4n) is 6.14. The van der Waals surface area contributed by atoms with E-state index in [0.717, 1.165) is 12.8 Å². The van der Waals surface area contributed by atoms with E-state index in [1.165, 1.54) is 27.2 Å². The molecule has 2 fully saturated rings. The van der Waals surface area contributed by atoms with Gasteiger partial charge in [-0.2, -0.15) is 0 Å². The standard InChI is InChI=1S/C28H32N2O5/c1-28(26(32)33)13-6-14-30(28)25(31)16-18-11-12-19(15-18)29-27(34)35-17-24-22-9-4-2-7-20(22)21-8-3-5-10-23(21)24/h2-5,7-10,18-19,24H,6,11-17H2,1H3,(H,29,34)(H,32,33)/t18?,19?,28-/m0/s1. The highest BCUT2D eigenvalue weighted by Crippen LogP contribution is 2.44. The van der Waals surface area contributed by atoms with E-state index in [2.05, 4.69) is 29.6 Å². The van der Waals surface area contributed by atoms with Crippen molar-refractivity contribution in [2.75, 3.05) is 13.2 Å². The number of benzene rings is 2. The maximum Gasteiger partial charge on any atom is 0.407 e. The van der Waals surface area contributed by atoms with Crippen LogP contribution in [0.15, 0.2) is 48.5 Å². The molecule has 3 atom stereocenters. The zero-order valence-electron chi connectivity index (χ0n) is 20.0. The van der Waals surface area contributed by atoms with Crippen LogP contribution in [-0.4, -0.2) is 52.7 Å². The van der Waals surface area contributed by atoms with Gasteiger partial charge in [-0.1, -0.05) is 48.5 Å². The van der Waals surface area contributed by atoms with Gasteiger partial charge in [0.2, 0.25) is 5.91 Å². The molecule has 1 saturated heterocycles. The highest BCUT2D eigenvalue weighted by atomic mass is 16.5. The van der Waals surface area contributed by atoms with Gasteiger partial charge >= 0.3 is 12.1 Å². The van der Waals surface area contributed by atoms with Gasteiger partial charge < -0.3 is 20.1 Å². The molecule has 2 amide bonds. The van der Waals surface area contributed by atoms with Crippen LogP contribution in [-0.2, 0) is 14.3 Å². The third-order valence-corrected chi connectivity index (χ3v) is 8.07. The number of carbonyl (C=O) groups excluding carboxylic acids is 2. The van der Waals surface area contributed by atoms with E-state index in [-0.39, 0.29) is 30.4 Å². The Balaban J connectivity index is 1.13. The monoisotopic (exact) mass is 476 g/mol. The number of likely N-dealkylation sites (tertiary alicyclic amines) is 1. The van der Waals surface area contributed by atoms with Crippen molar-refractivity contribution in [3.63, 3.8) is 0 Å². The van der Waals surface area contributed by atoms with E-state index in [1.54, 1.807) is 6.92 Å².